The lowest BCUT2D eigenvalue weighted by atomic mass is 9.76. The van der Waals surface area contributed by atoms with Crippen molar-refractivity contribution in [1.29, 1.82) is 0 Å². The molecule has 0 heterocycles. The lowest BCUT2D eigenvalue weighted by molar-refractivity contribution is -0.0712. The van der Waals surface area contributed by atoms with Crippen molar-refractivity contribution in [3.8, 4) is 0 Å². The molecule has 0 unspecified atom stereocenters. The monoisotopic (exact) mass is 167 g/mol. The summed E-state index contributed by atoms with van der Waals surface area (Å²) in [5, 5.41) is 12.0. The highest BCUT2D eigenvalue weighted by molar-refractivity contribution is 4.89. The molecule has 0 aromatic carbocycles. The second-order valence-electron chi connectivity index (χ2n) is 4.14. The van der Waals surface area contributed by atoms with Crippen molar-refractivity contribution in [2.45, 2.75) is 51.0 Å². The van der Waals surface area contributed by atoms with E-state index in [0.717, 1.165) is 12.8 Å². The Labute approximate surface area is 75.5 Å². The Hall–Kier alpha value is -0.300. The first-order valence-corrected chi connectivity index (χ1v) is 4.98. The van der Waals surface area contributed by atoms with E-state index in [1.807, 2.05) is 6.92 Å². The van der Waals surface area contributed by atoms with Gasteiger partial charge in [0.05, 0.1) is 0 Å². The SMILES string of the molecule is C=CC[C@](C)([O])C1CCCCC1. The molecule has 0 N–H and O–H groups in total. The Morgan fingerprint density at radius 1 is 1.42 bits per heavy atom. The Bertz CT molecular complexity index is 143. The topological polar surface area (TPSA) is 19.9 Å². The van der Waals surface area contributed by atoms with Crippen molar-refractivity contribution in [1.82, 2.24) is 0 Å². The van der Waals surface area contributed by atoms with Crippen LogP contribution in [-0.2, 0) is 5.11 Å². The summed E-state index contributed by atoms with van der Waals surface area (Å²) in [5.74, 6) is 0.393. The van der Waals surface area contributed by atoms with Crippen molar-refractivity contribution >= 4 is 0 Å². The van der Waals surface area contributed by atoms with Gasteiger partial charge in [-0.05, 0) is 32.1 Å². The standard InChI is InChI=1S/C11H19O/c1-3-9-11(2,12)10-7-5-4-6-8-10/h3,10H,1,4-9H2,2H3/t11-/m0/s1. The Balaban J connectivity index is 2.47. The van der Waals surface area contributed by atoms with Gasteiger partial charge in [0.2, 0.25) is 0 Å². The fraction of sp³-hybridized carbons (Fsp3) is 0.818. The van der Waals surface area contributed by atoms with E-state index in [9.17, 15) is 5.11 Å². The first-order chi connectivity index (χ1) is 5.67. The van der Waals surface area contributed by atoms with Gasteiger partial charge in [-0.15, -0.1) is 6.58 Å². The zero-order valence-corrected chi connectivity index (χ0v) is 8.01. The molecule has 0 spiro atoms. The van der Waals surface area contributed by atoms with Crippen LogP contribution in [0.1, 0.15) is 45.4 Å². The van der Waals surface area contributed by atoms with Crippen molar-refractivity contribution in [3.63, 3.8) is 0 Å². The van der Waals surface area contributed by atoms with Gasteiger partial charge in [0.15, 0.2) is 0 Å². The van der Waals surface area contributed by atoms with Crippen LogP contribution in [0.2, 0.25) is 0 Å². The molecule has 69 valence electrons. The first kappa shape index (κ1) is 9.79. The second-order valence-corrected chi connectivity index (χ2v) is 4.14. The van der Waals surface area contributed by atoms with Gasteiger partial charge >= 0.3 is 0 Å². The summed E-state index contributed by atoms with van der Waals surface area (Å²) in [5.41, 5.74) is -0.748. The molecule has 0 bridgehead atoms. The predicted octanol–water partition coefficient (Wildman–Crippen LogP) is 3.33. The molecule has 1 saturated carbocycles. The Kier molecular flexibility index (Phi) is 3.33. The molecule has 1 aliphatic rings. The van der Waals surface area contributed by atoms with Gasteiger partial charge in [-0.25, -0.2) is 5.11 Å². The minimum Gasteiger partial charge on any atom is -0.229 e. The molecule has 0 aromatic heterocycles. The predicted molar refractivity (Wildman–Crippen MR) is 50.5 cm³/mol. The summed E-state index contributed by atoms with van der Waals surface area (Å²) in [6.45, 7) is 5.48. The maximum atomic E-state index is 12.0. The fourth-order valence-corrected chi connectivity index (χ4v) is 2.17. The maximum absolute atomic E-state index is 12.0. The normalized spacial score (nSPS) is 24.8. The minimum atomic E-state index is -0.748. The van der Waals surface area contributed by atoms with Crippen LogP contribution in [0.25, 0.3) is 0 Å². The average Bonchev–Trinajstić information content (AvgIpc) is 2.06. The van der Waals surface area contributed by atoms with E-state index in [1.165, 1.54) is 19.3 Å². The van der Waals surface area contributed by atoms with Crippen LogP contribution >= 0.6 is 0 Å². The smallest absolute Gasteiger partial charge is 0.107 e. The molecule has 0 saturated heterocycles. The quantitative estimate of drug-likeness (QED) is 0.574. The van der Waals surface area contributed by atoms with Gasteiger partial charge in [0.25, 0.3) is 0 Å². The minimum absolute atomic E-state index is 0.393. The zero-order valence-electron chi connectivity index (χ0n) is 8.01. The van der Waals surface area contributed by atoms with Gasteiger partial charge in [-0.3, -0.25) is 0 Å². The Morgan fingerprint density at radius 3 is 2.50 bits per heavy atom. The van der Waals surface area contributed by atoms with E-state index in [0.29, 0.717) is 12.3 Å². The van der Waals surface area contributed by atoms with E-state index in [4.69, 9.17) is 0 Å². The van der Waals surface area contributed by atoms with Crippen LogP contribution in [0, 0.1) is 5.92 Å². The van der Waals surface area contributed by atoms with Gasteiger partial charge in [0, 0.05) is 0 Å². The third kappa shape index (κ3) is 2.34. The summed E-state index contributed by atoms with van der Waals surface area (Å²) in [6.07, 6.45) is 8.47. The summed E-state index contributed by atoms with van der Waals surface area (Å²) >= 11 is 0. The van der Waals surface area contributed by atoms with Gasteiger partial charge < -0.3 is 0 Å². The molecule has 0 aromatic rings. The van der Waals surface area contributed by atoms with E-state index in [2.05, 4.69) is 6.58 Å². The molecule has 1 radical (unpaired) electrons. The summed E-state index contributed by atoms with van der Waals surface area (Å²) in [6, 6.07) is 0. The van der Waals surface area contributed by atoms with E-state index in [1.54, 1.807) is 6.08 Å². The van der Waals surface area contributed by atoms with E-state index >= 15 is 0 Å². The molecule has 1 aliphatic carbocycles. The van der Waals surface area contributed by atoms with Crippen molar-refractivity contribution in [3.05, 3.63) is 12.7 Å². The van der Waals surface area contributed by atoms with Crippen molar-refractivity contribution in [2.75, 3.05) is 0 Å². The summed E-state index contributed by atoms with van der Waals surface area (Å²) < 4.78 is 0. The van der Waals surface area contributed by atoms with E-state index in [-0.39, 0.29) is 0 Å². The highest BCUT2D eigenvalue weighted by Crippen LogP contribution is 2.34. The highest BCUT2D eigenvalue weighted by atomic mass is 16.3. The molecule has 12 heavy (non-hydrogen) atoms. The van der Waals surface area contributed by atoms with Gasteiger partial charge in [-0.2, -0.15) is 0 Å². The number of hydrogen-bond acceptors (Lipinski definition) is 0. The van der Waals surface area contributed by atoms with Gasteiger partial charge in [-0.1, -0.05) is 25.3 Å². The lowest BCUT2D eigenvalue weighted by Crippen LogP contribution is -2.33. The average molecular weight is 167 g/mol. The summed E-state index contributed by atoms with van der Waals surface area (Å²) in [7, 11) is 0. The third-order valence-electron chi connectivity index (χ3n) is 3.02. The number of hydrogen-bond donors (Lipinski definition) is 0. The van der Waals surface area contributed by atoms with Crippen LogP contribution in [0.3, 0.4) is 0 Å². The second kappa shape index (κ2) is 4.08. The molecule has 0 amide bonds. The van der Waals surface area contributed by atoms with E-state index < -0.39 is 5.60 Å². The third-order valence-corrected chi connectivity index (χ3v) is 3.02. The number of rotatable bonds is 3. The van der Waals surface area contributed by atoms with Crippen molar-refractivity contribution < 1.29 is 5.11 Å². The molecule has 1 rings (SSSR count). The Morgan fingerprint density at radius 2 is 2.00 bits per heavy atom. The molecule has 1 nitrogen and oxygen atoms in total. The molecule has 0 aliphatic heterocycles. The van der Waals surface area contributed by atoms with Gasteiger partial charge in [0.1, 0.15) is 5.60 Å². The van der Waals surface area contributed by atoms with Crippen molar-refractivity contribution in [2.24, 2.45) is 5.92 Å². The zero-order chi connectivity index (χ0) is 9.03. The molecular formula is C11H19O. The largest absolute Gasteiger partial charge is 0.229 e. The highest BCUT2D eigenvalue weighted by Gasteiger charge is 2.33. The summed E-state index contributed by atoms with van der Waals surface area (Å²) in [4.78, 5) is 0. The van der Waals surface area contributed by atoms with Crippen LogP contribution in [-0.4, -0.2) is 5.60 Å². The van der Waals surface area contributed by atoms with Crippen LogP contribution in [0.4, 0.5) is 0 Å². The van der Waals surface area contributed by atoms with Crippen LogP contribution in [0.15, 0.2) is 12.7 Å². The lowest BCUT2D eigenvalue weighted by Gasteiger charge is -2.32. The molecule has 1 atom stereocenters. The molecular weight excluding hydrogens is 148 g/mol. The maximum Gasteiger partial charge on any atom is 0.107 e. The fourth-order valence-electron chi connectivity index (χ4n) is 2.17. The van der Waals surface area contributed by atoms with Crippen LogP contribution < -0.4 is 0 Å². The van der Waals surface area contributed by atoms with Crippen LogP contribution in [0.5, 0.6) is 0 Å². The molecule has 1 heteroatoms. The first-order valence-electron chi connectivity index (χ1n) is 4.98. The molecule has 1 fully saturated rings.